The summed E-state index contributed by atoms with van der Waals surface area (Å²) in [5, 5.41) is 9.21. The number of likely N-dealkylation sites (tertiary alicyclic amines) is 1. The number of alkyl halides is 5. The summed E-state index contributed by atoms with van der Waals surface area (Å²) >= 11 is 0. The molecule has 9 heteroatoms. The Kier molecular flexibility index (Phi) is 6.79. The molecule has 210 valence electrons. The molecular formula is C30H32F5NO3. The smallest absolute Gasteiger partial charge is 0.426 e. The van der Waals surface area contributed by atoms with Gasteiger partial charge in [0.2, 0.25) is 17.2 Å². The van der Waals surface area contributed by atoms with Crippen LogP contribution < -0.4 is 0 Å². The Labute approximate surface area is 224 Å². The molecule has 1 saturated heterocycles. The van der Waals surface area contributed by atoms with Gasteiger partial charge in [0.05, 0.1) is 0 Å². The van der Waals surface area contributed by atoms with Crippen LogP contribution in [-0.2, 0) is 33.5 Å². The molecule has 39 heavy (non-hydrogen) atoms. The van der Waals surface area contributed by atoms with E-state index in [1.54, 1.807) is 6.07 Å². The van der Waals surface area contributed by atoms with Crippen LogP contribution in [0.15, 0.2) is 48.5 Å². The van der Waals surface area contributed by atoms with Gasteiger partial charge in [-0.25, -0.2) is 13.6 Å². The first-order chi connectivity index (χ1) is 18.3. The van der Waals surface area contributed by atoms with Crippen LogP contribution in [0.5, 0.6) is 0 Å². The standard InChI is InChI=1S/C30H32F5NO3/c1-27(31,30(33,34)35)22-8-9-23-21(17-22)7-10-24-28(23,18-19-5-3-2-4-6-19)15-16-36(24)25(37)20-11-13-29(32,14-12-20)26(38)39/h2-6,8-9,17,20,24H,7,10-16,18H2,1H3,(H,38,39). The molecule has 2 aliphatic carbocycles. The van der Waals surface area contributed by atoms with Crippen LogP contribution in [0, 0.1) is 5.92 Å². The highest BCUT2D eigenvalue weighted by atomic mass is 19.4. The average Bonchev–Trinajstić information content (AvgIpc) is 3.27. The first-order valence-corrected chi connectivity index (χ1v) is 13.4. The van der Waals surface area contributed by atoms with Crippen LogP contribution in [0.25, 0.3) is 0 Å². The number of nitrogens with zero attached hydrogens (tertiary/aromatic N) is 1. The molecule has 1 aliphatic heterocycles. The minimum atomic E-state index is -5.05. The molecule has 3 aliphatic rings. The van der Waals surface area contributed by atoms with E-state index in [1.807, 2.05) is 35.2 Å². The van der Waals surface area contributed by atoms with E-state index in [9.17, 15) is 36.6 Å². The summed E-state index contributed by atoms with van der Waals surface area (Å²) in [6.07, 6.45) is -3.08. The predicted molar refractivity (Wildman–Crippen MR) is 135 cm³/mol. The van der Waals surface area contributed by atoms with Crippen LogP contribution >= 0.6 is 0 Å². The molecule has 2 fully saturated rings. The minimum Gasteiger partial charge on any atom is -0.479 e. The van der Waals surface area contributed by atoms with E-state index in [1.165, 1.54) is 12.1 Å². The van der Waals surface area contributed by atoms with Gasteiger partial charge in [-0.3, -0.25) is 4.79 Å². The van der Waals surface area contributed by atoms with Gasteiger partial charge >= 0.3 is 12.1 Å². The molecule has 4 nitrogen and oxygen atoms in total. The van der Waals surface area contributed by atoms with Gasteiger partial charge < -0.3 is 10.0 Å². The van der Waals surface area contributed by atoms with Gasteiger partial charge in [0.1, 0.15) is 0 Å². The third-order valence-electron chi connectivity index (χ3n) is 9.37. The van der Waals surface area contributed by atoms with Gasteiger partial charge in [-0.2, -0.15) is 13.2 Å². The number of hydrogen-bond donors (Lipinski definition) is 1. The van der Waals surface area contributed by atoms with Crippen molar-refractivity contribution in [1.29, 1.82) is 0 Å². The average molecular weight is 550 g/mol. The second-order valence-electron chi connectivity index (χ2n) is 11.6. The van der Waals surface area contributed by atoms with Gasteiger partial charge in [0.25, 0.3) is 0 Å². The molecule has 0 aromatic heterocycles. The summed E-state index contributed by atoms with van der Waals surface area (Å²) in [5.74, 6) is -2.07. The lowest BCUT2D eigenvalue weighted by atomic mass is 9.63. The molecule has 0 spiro atoms. The first kappa shape index (κ1) is 27.6. The normalized spacial score (nSPS) is 30.3. The number of carbonyl (C=O) groups is 2. The third kappa shape index (κ3) is 4.61. The van der Waals surface area contributed by atoms with Crippen LogP contribution in [0.3, 0.4) is 0 Å². The lowest BCUT2D eigenvalue weighted by Gasteiger charge is -2.45. The molecule has 3 atom stereocenters. The molecule has 1 heterocycles. The van der Waals surface area contributed by atoms with Gasteiger partial charge in [-0.05, 0) is 80.5 Å². The second-order valence-corrected chi connectivity index (χ2v) is 11.6. The Balaban J connectivity index is 1.48. The van der Waals surface area contributed by atoms with E-state index < -0.39 is 40.4 Å². The topological polar surface area (TPSA) is 57.6 Å². The van der Waals surface area contributed by atoms with E-state index >= 15 is 0 Å². The Morgan fingerprint density at radius 3 is 2.28 bits per heavy atom. The lowest BCUT2D eigenvalue weighted by Crippen LogP contribution is -2.51. The summed E-state index contributed by atoms with van der Waals surface area (Å²) in [4.78, 5) is 26.9. The summed E-state index contributed by atoms with van der Waals surface area (Å²) in [7, 11) is 0. The number of rotatable bonds is 5. The van der Waals surface area contributed by atoms with Crippen molar-refractivity contribution in [2.24, 2.45) is 5.92 Å². The molecular weight excluding hydrogens is 517 g/mol. The number of carbonyl (C=O) groups excluding carboxylic acids is 1. The summed E-state index contributed by atoms with van der Waals surface area (Å²) in [6.45, 7) is 0.980. The molecule has 2 aromatic carbocycles. The zero-order chi connectivity index (χ0) is 28.2. The molecule has 0 radical (unpaired) electrons. The fourth-order valence-corrected chi connectivity index (χ4v) is 7.02. The number of benzene rings is 2. The quantitative estimate of drug-likeness (QED) is 0.437. The Hall–Kier alpha value is -2.97. The largest absolute Gasteiger partial charge is 0.479 e. The number of aryl methyl sites for hydroxylation is 1. The van der Waals surface area contributed by atoms with Crippen LogP contribution in [0.2, 0.25) is 0 Å². The molecule has 1 amide bonds. The van der Waals surface area contributed by atoms with Crippen molar-refractivity contribution in [2.75, 3.05) is 6.54 Å². The van der Waals surface area contributed by atoms with Crippen molar-refractivity contribution >= 4 is 11.9 Å². The number of hydrogen-bond acceptors (Lipinski definition) is 2. The van der Waals surface area contributed by atoms with E-state index in [2.05, 4.69) is 0 Å². The number of halogens is 5. The highest BCUT2D eigenvalue weighted by molar-refractivity contribution is 5.82. The van der Waals surface area contributed by atoms with Crippen molar-refractivity contribution in [1.82, 2.24) is 4.90 Å². The summed E-state index contributed by atoms with van der Waals surface area (Å²) < 4.78 is 69.9. The Morgan fingerprint density at radius 2 is 1.67 bits per heavy atom. The van der Waals surface area contributed by atoms with E-state index in [0.717, 1.165) is 11.1 Å². The molecule has 1 N–H and O–H groups in total. The summed E-state index contributed by atoms with van der Waals surface area (Å²) in [6, 6.07) is 13.6. The molecule has 5 rings (SSSR count). The minimum absolute atomic E-state index is 0.115. The number of carboxylic acids is 1. The van der Waals surface area contributed by atoms with Crippen molar-refractivity contribution < 1.29 is 36.6 Å². The molecule has 2 aromatic rings. The van der Waals surface area contributed by atoms with Crippen molar-refractivity contribution in [3.63, 3.8) is 0 Å². The highest BCUT2D eigenvalue weighted by Crippen LogP contribution is 2.51. The fraction of sp³-hybridized carbons (Fsp3) is 0.533. The molecule has 0 bridgehead atoms. The second kappa shape index (κ2) is 9.59. The lowest BCUT2D eigenvalue weighted by molar-refractivity contribution is -0.228. The molecule has 1 saturated carbocycles. The number of amides is 1. The maximum absolute atomic E-state index is 14.8. The van der Waals surface area contributed by atoms with Crippen LogP contribution in [-0.4, -0.2) is 46.3 Å². The van der Waals surface area contributed by atoms with Gasteiger partial charge in [-0.15, -0.1) is 0 Å². The monoisotopic (exact) mass is 549 g/mol. The van der Waals surface area contributed by atoms with Crippen LogP contribution in [0.1, 0.15) is 67.7 Å². The zero-order valence-corrected chi connectivity index (χ0v) is 21.7. The van der Waals surface area contributed by atoms with Gasteiger partial charge in [-0.1, -0.05) is 48.5 Å². The Bertz CT molecular complexity index is 1250. The Morgan fingerprint density at radius 1 is 1.00 bits per heavy atom. The number of fused-ring (bicyclic) bond motifs is 3. The maximum Gasteiger partial charge on any atom is 0.426 e. The zero-order valence-electron chi connectivity index (χ0n) is 21.7. The fourth-order valence-electron chi connectivity index (χ4n) is 7.02. The molecule has 3 unspecified atom stereocenters. The number of carboxylic acid groups (broad SMARTS) is 1. The van der Waals surface area contributed by atoms with Crippen molar-refractivity contribution in [2.45, 2.75) is 87.3 Å². The van der Waals surface area contributed by atoms with Gasteiger partial charge in [0.15, 0.2) is 0 Å². The van der Waals surface area contributed by atoms with Crippen molar-refractivity contribution in [3.05, 3.63) is 70.8 Å². The van der Waals surface area contributed by atoms with Crippen LogP contribution in [0.4, 0.5) is 22.0 Å². The van der Waals surface area contributed by atoms with E-state index in [4.69, 9.17) is 0 Å². The van der Waals surface area contributed by atoms with Crippen molar-refractivity contribution in [3.8, 4) is 0 Å². The van der Waals surface area contributed by atoms with Gasteiger partial charge in [0, 0.05) is 23.9 Å². The third-order valence-corrected chi connectivity index (χ3v) is 9.37. The van der Waals surface area contributed by atoms with E-state index in [0.29, 0.717) is 44.7 Å². The van der Waals surface area contributed by atoms with E-state index in [-0.39, 0.29) is 37.6 Å². The maximum atomic E-state index is 14.8. The highest BCUT2D eigenvalue weighted by Gasteiger charge is 2.56. The number of aliphatic carboxylic acids is 1. The SMILES string of the molecule is CC(F)(c1ccc2c(c1)CCC1N(C(=O)C3CCC(F)(C(=O)O)CC3)CCC21Cc1ccccc1)C(F)(F)F. The first-order valence-electron chi connectivity index (χ1n) is 13.4. The summed E-state index contributed by atoms with van der Waals surface area (Å²) in [5.41, 5.74) is -4.23. The predicted octanol–water partition coefficient (Wildman–Crippen LogP) is 6.44.